The van der Waals surface area contributed by atoms with Gasteiger partial charge in [0.05, 0.1) is 17.7 Å². The number of nitrogens with one attached hydrogen (secondary N) is 1. The number of methoxy groups -OCH3 is 1. The lowest BCUT2D eigenvalue weighted by atomic mass is 9.74. The number of carbonyl (C=O) groups excluding carboxylic acids is 3. The number of hydrogen-bond acceptors (Lipinski definition) is 5. The number of likely N-dealkylation sites (tertiary alicyclic amines) is 1. The zero-order valence-corrected chi connectivity index (χ0v) is 19.8. The molecule has 1 N–H and O–H groups in total. The van der Waals surface area contributed by atoms with Crippen molar-refractivity contribution in [1.29, 1.82) is 0 Å². The molecule has 178 valence electrons. The monoisotopic (exact) mass is 462 g/mol. The van der Waals surface area contributed by atoms with E-state index in [2.05, 4.69) is 10.3 Å². The number of imidazole rings is 1. The third kappa shape index (κ3) is 4.59. The standard InChI is InChI=1S/C26H30N4O4/c1-18-9-11-29-17-20(28-22(29)13-18)16-27-23(31)14-26(21-8-5-4-7-19(21)2)15-24(32)30(25(26)33)10-6-12-34-3/h4-5,7-9,11,13,17H,6,10,12,14-16H2,1-3H3,(H,27,31)/t26-/m1/s1. The Hall–Kier alpha value is -3.52. The summed E-state index contributed by atoms with van der Waals surface area (Å²) in [4.78, 5) is 45.4. The molecule has 34 heavy (non-hydrogen) atoms. The van der Waals surface area contributed by atoms with Crippen LogP contribution in [0, 0.1) is 13.8 Å². The van der Waals surface area contributed by atoms with Crippen molar-refractivity contribution >= 4 is 23.4 Å². The van der Waals surface area contributed by atoms with Crippen LogP contribution in [0.1, 0.15) is 41.6 Å². The number of ether oxygens (including phenoxy) is 1. The lowest BCUT2D eigenvalue weighted by Crippen LogP contribution is -2.43. The summed E-state index contributed by atoms with van der Waals surface area (Å²) in [5.74, 6) is -0.870. The first kappa shape index (κ1) is 23.6. The maximum atomic E-state index is 13.6. The predicted molar refractivity (Wildman–Crippen MR) is 127 cm³/mol. The van der Waals surface area contributed by atoms with E-state index in [-0.39, 0.29) is 43.7 Å². The van der Waals surface area contributed by atoms with Crippen LogP contribution in [0.5, 0.6) is 0 Å². The Morgan fingerprint density at radius 3 is 2.76 bits per heavy atom. The van der Waals surface area contributed by atoms with Gasteiger partial charge in [-0.05, 0) is 49.1 Å². The number of imide groups is 1. The first-order valence-electron chi connectivity index (χ1n) is 11.4. The van der Waals surface area contributed by atoms with E-state index in [4.69, 9.17) is 4.74 Å². The number of aromatic nitrogens is 2. The first-order chi connectivity index (χ1) is 16.3. The van der Waals surface area contributed by atoms with Crippen LogP contribution in [-0.2, 0) is 31.1 Å². The molecule has 0 saturated carbocycles. The molecule has 1 aromatic carbocycles. The van der Waals surface area contributed by atoms with E-state index in [0.717, 1.165) is 28.0 Å². The van der Waals surface area contributed by atoms with Gasteiger partial charge in [0.15, 0.2) is 0 Å². The van der Waals surface area contributed by atoms with Crippen molar-refractivity contribution in [3.8, 4) is 0 Å². The Morgan fingerprint density at radius 2 is 2.00 bits per heavy atom. The molecule has 1 fully saturated rings. The minimum atomic E-state index is -1.21. The van der Waals surface area contributed by atoms with Crippen molar-refractivity contribution in [1.82, 2.24) is 19.6 Å². The molecule has 0 radical (unpaired) electrons. The number of aryl methyl sites for hydroxylation is 2. The Morgan fingerprint density at radius 1 is 1.21 bits per heavy atom. The molecule has 0 spiro atoms. The van der Waals surface area contributed by atoms with Gasteiger partial charge in [-0.15, -0.1) is 0 Å². The quantitative estimate of drug-likeness (QED) is 0.390. The fourth-order valence-corrected chi connectivity index (χ4v) is 4.69. The predicted octanol–water partition coefficient (Wildman–Crippen LogP) is 2.69. The SMILES string of the molecule is COCCCN1C(=O)C[C@](CC(=O)NCc2cn3ccc(C)cc3n2)(c2ccccc2C)C1=O. The fraction of sp³-hybridized carbons (Fsp3) is 0.385. The van der Waals surface area contributed by atoms with Crippen LogP contribution in [0.15, 0.2) is 48.8 Å². The van der Waals surface area contributed by atoms with E-state index in [1.165, 1.54) is 4.90 Å². The smallest absolute Gasteiger partial charge is 0.240 e. The number of nitrogens with zero attached hydrogens (tertiary/aromatic N) is 3. The second kappa shape index (κ2) is 9.77. The molecule has 2 aromatic heterocycles. The summed E-state index contributed by atoms with van der Waals surface area (Å²) in [5, 5.41) is 2.90. The number of rotatable bonds is 9. The first-order valence-corrected chi connectivity index (χ1v) is 11.4. The summed E-state index contributed by atoms with van der Waals surface area (Å²) in [5.41, 5.74) is 3.03. The van der Waals surface area contributed by atoms with Crippen LogP contribution in [0.2, 0.25) is 0 Å². The van der Waals surface area contributed by atoms with Gasteiger partial charge in [0.25, 0.3) is 0 Å². The Kier molecular flexibility index (Phi) is 6.79. The molecular formula is C26H30N4O4. The van der Waals surface area contributed by atoms with Crippen molar-refractivity contribution in [3.63, 3.8) is 0 Å². The largest absolute Gasteiger partial charge is 0.385 e. The van der Waals surface area contributed by atoms with Gasteiger partial charge >= 0.3 is 0 Å². The number of pyridine rings is 1. The van der Waals surface area contributed by atoms with Crippen molar-refractivity contribution < 1.29 is 19.1 Å². The summed E-state index contributed by atoms with van der Waals surface area (Å²) in [7, 11) is 1.58. The summed E-state index contributed by atoms with van der Waals surface area (Å²) in [6, 6.07) is 11.4. The topological polar surface area (TPSA) is 93.0 Å². The van der Waals surface area contributed by atoms with E-state index in [1.807, 2.05) is 67.0 Å². The molecule has 3 heterocycles. The van der Waals surface area contributed by atoms with Gasteiger partial charge in [-0.1, -0.05) is 24.3 Å². The number of fused-ring (bicyclic) bond motifs is 1. The molecule has 3 aromatic rings. The molecule has 3 amide bonds. The maximum absolute atomic E-state index is 13.6. The lowest BCUT2D eigenvalue weighted by Gasteiger charge is -2.28. The van der Waals surface area contributed by atoms with Gasteiger partial charge in [-0.3, -0.25) is 19.3 Å². The highest BCUT2D eigenvalue weighted by Gasteiger charge is 2.53. The van der Waals surface area contributed by atoms with E-state index >= 15 is 0 Å². The summed E-state index contributed by atoms with van der Waals surface area (Å²) >= 11 is 0. The highest BCUT2D eigenvalue weighted by atomic mass is 16.5. The molecule has 1 aliphatic rings. The van der Waals surface area contributed by atoms with Crippen molar-refractivity contribution in [3.05, 3.63) is 71.2 Å². The van der Waals surface area contributed by atoms with Gasteiger partial charge < -0.3 is 14.5 Å². The number of amides is 3. The molecule has 8 heteroatoms. The van der Waals surface area contributed by atoms with Crippen molar-refractivity contribution in [2.45, 2.75) is 45.1 Å². The lowest BCUT2D eigenvalue weighted by molar-refractivity contribution is -0.141. The normalized spacial score (nSPS) is 18.1. The van der Waals surface area contributed by atoms with Gasteiger partial charge in [0, 0.05) is 45.5 Å². The van der Waals surface area contributed by atoms with Gasteiger partial charge in [0.1, 0.15) is 5.65 Å². The third-order valence-corrected chi connectivity index (χ3v) is 6.39. The molecule has 4 rings (SSSR count). The minimum Gasteiger partial charge on any atom is -0.385 e. The van der Waals surface area contributed by atoms with Crippen LogP contribution in [-0.4, -0.2) is 52.3 Å². The van der Waals surface area contributed by atoms with Crippen molar-refractivity contribution in [2.75, 3.05) is 20.3 Å². The third-order valence-electron chi connectivity index (χ3n) is 6.39. The molecular weight excluding hydrogens is 432 g/mol. The van der Waals surface area contributed by atoms with Gasteiger partial charge in [-0.2, -0.15) is 0 Å². The molecule has 1 aliphatic heterocycles. The van der Waals surface area contributed by atoms with E-state index in [0.29, 0.717) is 13.0 Å². The second-order valence-electron chi connectivity index (χ2n) is 8.93. The number of benzene rings is 1. The highest BCUT2D eigenvalue weighted by molar-refractivity contribution is 6.10. The van der Waals surface area contributed by atoms with E-state index in [1.54, 1.807) is 7.11 Å². The minimum absolute atomic E-state index is 0.0231. The average molecular weight is 463 g/mol. The molecule has 0 aliphatic carbocycles. The molecule has 0 bridgehead atoms. The maximum Gasteiger partial charge on any atom is 0.240 e. The van der Waals surface area contributed by atoms with Crippen LogP contribution in [0.25, 0.3) is 5.65 Å². The molecule has 8 nitrogen and oxygen atoms in total. The molecule has 1 saturated heterocycles. The number of hydrogen-bond donors (Lipinski definition) is 1. The number of carbonyl (C=O) groups is 3. The van der Waals surface area contributed by atoms with Crippen LogP contribution in [0.3, 0.4) is 0 Å². The fourth-order valence-electron chi connectivity index (χ4n) is 4.69. The highest BCUT2D eigenvalue weighted by Crippen LogP contribution is 2.41. The zero-order valence-electron chi connectivity index (χ0n) is 19.8. The van der Waals surface area contributed by atoms with Gasteiger partial charge in [0.2, 0.25) is 17.7 Å². The van der Waals surface area contributed by atoms with Crippen molar-refractivity contribution in [2.24, 2.45) is 0 Å². The van der Waals surface area contributed by atoms with E-state index in [9.17, 15) is 14.4 Å². The van der Waals surface area contributed by atoms with E-state index < -0.39 is 5.41 Å². The summed E-state index contributed by atoms with van der Waals surface area (Å²) in [6.45, 7) is 4.87. The van der Waals surface area contributed by atoms with Crippen LogP contribution >= 0.6 is 0 Å². The average Bonchev–Trinajstić information content (AvgIpc) is 3.31. The van der Waals surface area contributed by atoms with Gasteiger partial charge in [-0.25, -0.2) is 4.98 Å². The molecule has 1 atom stereocenters. The second-order valence-corrected chi connectivity index (χ2v) is 8.93. The van der Waals surface area contributed by atoms with Crippen LogP contribution < -0.4 is 5.32 Å². The summed E-state index contributed by atoms with van der Waals surface area (Å²) < 4.78 is 6.98. The van der Waals surface area contributed by atoms with Crippen LogP contribution in [0.4, 0.5) is 0 Å². The Bertz CT molecular complexity index is 1230. The Balaban J connectivity index is 1.55. The molecule has 0 unspecified atom stereocenters. The summed E-state index contributed by atoms with van der Waals surface area (Å²) in [6.07, 6.45) is 4.23. The zero-order chi connectivity index (χ0) is 24.3. The Labute approximate surface area is 198 Å².